The fourth-order valence-corrected chi connectivity index (χ4v) is 2.12. The van der Waals surface area contributed by atoms with Crippen LogP contribution < -0.4 is 11.1 Å². The zero-order valence-electron chi connectivity index (χ0n) is 10.7. The molecule has 1 aliphatic rings. The Morgan fingerprint density at radius 2 is 2.11 bits per heavy atom. The van der Waals surface area contributed by atoms with Gasteiger partial charge in [0.2, 0.25) is 5.91 Å². The second-order valence-corrected chi connectivity index (χ2v) is 4.75. The maximum atomic E-state index is 12.0. The minimum absolute atomic E-state index is 0.0148. The van der Waals surface area contributed by atoms with Crippen molar-refractivity contribution >= 4 is 11.6 Å². The Bertz CT molecular complexity index is 397. The molecule has 2 unspecified atom stereocenters. The third-order valence-electron chi connectivity index (χ3n) is 3.27. The second kappa shape index (κ2) is 5.87. The van der Waals surface area contributed by atoms with Crippen LogP contribution in [0.25, 0.3) is 0 Å². The van der Waals surface area contributed by atoms with Crippen LogP contribution in [0.1, 0.15) is 37.8 Å². The van der Waals surface area contributed by atoms with Crippen LogP contribution >= 0.6 is 0 Å². The van der Waals surface area contributed by atoms with E-state index in [0.29, 0.717) is 6.61 Å². The summed E-state index contributed by atoms with van der Waals surface area (Å²) in [5.74, 6) is -0.0148. The average Bonchev–Trinajstić information content (AvgIpc) is 2.40. The van der Waals surface area contributed by atoms with E-state index in [2.05, 4.69) is 5.32 Å². The fourth-order valence-electron chi connectivity index (χ4n) is 2.12. The number of rotatable bonds is 3. The van der Waals surface area contributed by atoms with Crippen molar-refractivity contribution in [2.24, 2.45) is 0 Å². The third-order valence-corrected chi connectivity index (χ3v) is 3.27. The van der Waals surface area contributed by atoms with Crippen molar-refractivity contribution in [3.8, 4) is 0 Å². The summed E-state index contributed by atoms with van der Waals surface area (Å²) in [7, 11) is 0. The molecule has 0 aromatic heterocycles. The van der Waals surface area contributed by atoms with Crippen LogP contribution in [0.5, 0.6) is 0 Å². The molecule has 1 aliphatic heterocycles. The first-order valence-electron chi connectivity index (χ1n) is 6.44. The highest BCUT2D eigenvalue weighted by atomic mass is 16.5. The highest BCUT2D eigenvalue weighted by Crippen LogP contribution is 2.17. The van der Waals surface area contributed by atoms with Crippen molar-refractivity contribution in [1.29, 1.82) is 0 Å². The molecule has 1 aromatic carbocycles. The Morgan fingerprint density at radius 1 is 1.39 bits per heavy atom. The lowest BCUT2D eigenvalue weighted by atomic mass is 10.1. The van der Waals surface area contributed by atoms with Crippen LogP contribution in [0.15, 0.2) is 24.3 Å². The zero-order chi connectivity index (χ0) is 13.0. The summed E-state index contributed by atoms with van der Waals surface area (Å²) in [4.78, 5) is 12.0. The van der Waals surface area contributed by atoms with Crippen molar-refractivity contribution in [1.82, 2.24) is 5.32 Å². The molecule has 0 saturated carbocycles. The van der Waals surface area contributed by atoms with Gasteiger partial charge >= 0.3 is 0 Å². The van der Waals surface area contributed by atoms with Gasteiger partial charge in [0, 0.05) is 12.3 Å². The molecule has 0 radical (unpaired) electrons. The van der Waals surface area contributed by atoms with Crippen LogP contribution in [-0.4, -0.2) is 18.6 Å². The van der Waals surface area contributed by atoms with Gasteiger partial charge in [-0.2, -0.15) is 0 Å². The Balaban J connectivity index is 1.91. The summed E-state index contributed by atoms with van der Waals surface area (Å²) >= 11 is 0. The van der Waals surface area contributed by atoms with Crippen LogP contribution in [0.3, 0.4) is 0 Å². The number of benzene rings is 1. The summed E-state index contributed by atoms with van der Waals surface area (Å²) < 4.78 is 5.46. The lowest BCUT2D eigenvalue weighted by Crippen LogP contribution is -2.39. The summed E-state index contributed by atoms with van der Waals surface area (Å²) in [6, 6.07) is 7.53. The first-order chi connectivity index (χ1) is 8.66. The van der Waals surface area contributed by atoms with Crippen molar-refractivity contribution < 1.29 is 9.53 Å². The summed E-state index contributed by atoms with van der Waals surface area (Å²) in [5.41, 5.74) is 7.42. The summed E-state index contributed by atoms with van der Waals surface area (Å²) in [6.45, 7) is 2.65. The van der Waals surface area contributed by atoms with Gasteiger partial charge in [0.1, 0.15) is 6.10 Å². The lowest BCUT2D eigenvalue weighted by Gasteiger charge is -2.24. The SMILES string of the molecule is CC(NC(=O)C1CCCCO1)c1ccc(N)cc1. The minimum Gasteiger partial charge on any atom is -0.399 e. The molecule has 1 fully saturated rings. The topological polar surface area (TPSA) is 64.3 Å². The van der Waals surface area contributed by atoms with Crippen molar-refractivity contribution in [3.63, 3.8) is 0 Å². The van der Waals surface area contributed by atoms with E-state index in [4.69, 9.17) is 10.5 Å². The minimum atomic E-state index is -0.282. The number of ether oxygens (including phenoxy) is 1. The monoisotopic (exact) mass is 248 g/mol. The molecule has 4 heteroatoms. The maximum Gasteiger partial charge on any atom is 0.249 e. The first-order valence-corrected chi connectivity index (χ1v) is 6.44. The van der Waals surface area contributed by atoms with E-state index in [0.717, 1.165) is 30.5 Å². The molecule has 2 rings (SSSR count). The van der Waals surface area contributed by atoms with Crippen molar-refractivity contribution in [3.05, 3.63) is 29.8 Å². The highest BCUT2D eigenvalue weighted by Gasteiger charge is 2.23. The van der Waals surface area contributed by atoms with Crippen LogP contribution in [0, 0.1) is 0 Å². The fraction of sp³-hybridized carbons (Fsp3) is 0.500. The van der Waals surface area contributed by atoms with E-state index >= 15 is 0 Å². The van der Waals surface area contributed by atoms with Crippen molar-refractivity contribution in [2.45, 2.75) is 38.3 Å². The zero-order valence-corrected chi connectivity index (χ0v) is 10.7. The van der Waals surface area contributed by atoms with Crippen molar-refractivity contribution in [2.75, 3.05) is 12.3 Å². The summed E-state index contributed by atoms with van der Waals surface area (Å²) in [5, 5.41) is 2.98. The van der Waals surface area contributed by atoms with Crippen LogP contribution in [0.4, 0.5) is 5.69 Å². The number of carbonyl (C=O) groups is 1. The molecule has 18 heavy (non-hydrogen) atoms. The van der Waals surface area contributed by atoms with E-state index in [1.54, 1.807) is 0 Å². The lowest BCUT2D eigenvalue weighted by molar-refractivity contribution is -0.136. The van der Waals surface area contributed by atoms with Gasteiger partial charge < -0.3 is 15.8 Å². The van der Waals surface area contributed by atoms with Gasteiger partial charge in [0.25, 0.3) is 0 Å². The molecular weight excluding hydrogens is 228 g/mol. The maximum absolute atomic E-state index is 12.0. The number of amides is 1. The predicted octanol–water partition coefficient (Wildman–Crippen LogP) is 2.02. The molecule has 1 amide bonds. The third kappa shape index (κ3) is 3.23. The quantitative estimate of drug-likeness (QED) is 0.804. The number of nitrogen functional groups attached to an aromatic ring is 1. The molecule has 4 nitrogen and oxygen atoms in total. The van der Waals surface area contributed by atoms with E-state index in [1.807, 2.05) is 31.2 Å². The number of nitrogens with one attached hydrogen (secondary N) is 1. The average molecular weight is 248 g/mol. The van der Waals surface area contributed by atoms with Gasteiger partial charge in [-0.25, -0.2) is 0 Å². The van der Waals surface area contributed by atoms with Gasteiger partial charge in [-0.05, 0) is 43.9 Å². The highest BCUT2D eigenvalue weighted by molar-refractivity contribution is 5.81. The first kappa shape index (κ1) is 12.9. The normalized spacial score (nSPS) is 21.3. The Morgan fingerprint density at radius 3 is 2.72 bits per heavy atom. The van der Waals surface area contributed by atoms with Crippen LogP contribution in [0.2, 0.25) is 0 Å². The predicted molar refractivity (Wildman–Crippen MR) is 71.0 cm³/mol. The van der Waals surface area contributed by atoms with E-state index in [-0.39, 0.29) is 18.1 Å². The van der Waals surface area contributed by atoms with Gasteiger partial charge in [-0.3, -0.25) is 4.79 Å². The number of hydrogen-bond donors (Lipinski definition) is 2. The van der Waals surface area contributed by atoms with Gasteiger partial charge in [-0.15, -0.1) is 0 Å². The number of nitrogens with two attached hydrogens (primary N) is 1. The molecule has 1 heterocycles. The molecule has 0 aliphatic carbocycles. The molecular formula is C14H20N2O2. The molecule has 0 spiro atoms. The number of anilines is 1. The molecule has 98 valence electrons. The Kier molecular flexibility index (Phi) is 4.20. The molecule has 3 N–H and O–H groups in total. The van der Waals surface area contributed by atoms with E-state index in [9.17, 15) is 4.79 Å². The standard InChI is InChI=1S/C14H20N2O2/c1-10(11-5-7-12(15)8-6-11)16-14(17)13-4-2-3-9-18-13/h5-8,10,13H,2-4,9,15H2,1H3,(H,16,17). The Labute approximate surface area is 108 Å². The molecule has 1 aromatic rings. The van der Waals surface area contributed by atoms with Gasteiger partial charge in [-0.1, -0.05) is 12.1 Å². The summed E-state index contributed by atoms with van der Waals surface area (Å²) in [6.07, 6.45) is 2.65. The molecule has 0 bridgehead atoms. The molecule has 1 saturated heterocycles. The molecule has 2 atom stereocenters. The Hall–Kier alpha value is -1.55. The van der Waals surface area contributed by atoms with E-state index < -0.39 is 0 Å². The number of hydrogen-bond acceptors (Lipinski definition) is 3. The van der Waals surface area contributed by atoms with E-state index in [1.165, 1.54) is 0 Å². The smallest absolute Gasteiger partial charge is 0.249 e. The number of carbonyl (C=O) groups excluding carboxylic acids is 1. The van der Waals surface area contributed by atoms with Gasteiger partial charge in [0.05, 0.1) is 6.04 Å². The van der Waals surface area contributed by atoms with Gasteiger partial charge in [0.15, 0.2) is 0 Å². The largest absolute Gasteiger partial charge is 0.399 e. The van der Waals surface area contributed by atoms with Crippen LogP contribution in [-0.2, 0) is 9.53 Å². The second-order valence-electron chi connectivity index (χ2n) is 4.75.